The first-order valence-corrected chi connectivity index (χ1v) is 18.5. The lowest BCUT2D eigenvalue weighted by Gasteiger charge is -2.31. The Morgan fingerprint density at radius 2 is 1.79 bits per heavy atom. The minimum Gasteiger partial charge on any atom is -0.391 e. The molecule has 7 unspecified atom stereocenters. The quantitative estimate of drug-likeness (QED) is 0.370. The van der Waals surface area contributed by atoms with Crippen LogP contribution in [0.1, 0.15) is 80.5 Å². The van der Waals surface area contributed by atoms with E-state index in [1.165, 1.54) is 34.9 Å². The Kier molecular flexibility index (Phi) is 11.7. The highest BCUT2D eigenvalue weighted by Crippen LogP contribution is 2.33. The third-order valence-electron chi connectivity index (χ3n) is 9.38. The van der Waals surface area contributed by atoms with E-state index in [2.05, 4.69) is 20.9 Å². The molecule has 1 aromatic heterocycles. The molecular weight excluding hydrogens is 653 g/mol. The lowest BCUT2D eigenvalue weighted by atomic mass is 9.86. The Labute approximate surface area is 288 Å². The number of nitrogens with one attached hydrogen (secondary N) is 3. The molecule has 1 fully saturated rings. The van der Waals surface area contributed by atoms with E-state index in [-0.39, 0.29) is 42.1 Å². The van der Waals surface area contributed by atoms with Gasteiger partial charge in [0.2, 0.25) is 17.7 Å². The second kappa shape index (κ2) is 15.7. The summed E-state index contributed by atoms with van der Waals surface area (Å²) in [6.45, 7) is 7.59. The second-order valence-corrected chi connectivity index (χ2v) is 14.8. The van der Waals surface area contributed by atoms with Crippen LogP contribution in [0.2, 0.25) is 0 Å². The first-order chi connectivity index (χ1) is 23.0. The van der Waals surface area contributed by atoms with Crippen LogP contribution in [-0.4, -0.2) is 92.0 Å². The molecule has 8 atom stereocenters. The first kappa shape index (κ1) is 35.7. The number of thiazole rings is 1. The summed E-state index contributed by atoms with van der Waals surface area (Å²) in [6, 6.07) is 5.06. The molecule has 5 rings (SSSR count). The van der Waals surface area contributed by atoms with Crippen LogP contribution in [0.25, 0.3) is 0 Å². The van der Waals surface area contributed by atoms with Gasteiger partial charge in [0.1, 0.15) is 34.9 Å². The van der Waals surface area contributed by atoms with E-state index in [9.17, 15) is 29.1 Å². The topological polar surface area (TPSA) is 170 Å². The molecule has 48 heavy (non-hydrogen) atoms. The third kappa shape index (κ3) is 8.15. The van der Waals surface area contributed by atoms with Crippen molar-refractivity contribution >= 4 is 57.6 Å². The number of Topliss-reactive ketones (excluding diaryl/α,β-unsaturated/α-hetero) is 1. The van der Waals surface area contributed by atoms with Crippen LogP contribution in [0.3, 0.4) is 0 Å². The Hall–Kier alpha value is -3.62. The van der Waals surface area contributed by atoms with Gasteiger partial charge in [0.25, 0.3) is 5.91 Å². The number of hydrogen-bond acceptors (Lipinski definition) is 10. The van der Waals surface area contributed by atoms with Gasteiger partial charge in [0.05, 0.1) is 17.2 Å². The number of hydrogen-bond donors (Lipinski definition) is 4. The van der Waals surface area contributed by atoms with Gasteiger partial charge in [-0.25, -0.2) is 4.98 Å². The molecule has 1 saturated heterocycles. The number of fused-ring (bicyclic) bond motifs is 4. The molecule has 0 aliphatic carbocycles. The summed E-state index contributed by atoms with van der Waals surface area (Å²) in [5, 5.41) is 22.1. The van der Waals surface area contributed by atoms with Gasteiger partial charge in [0, 0.05) is 36.4 Å². The van der Waals surface area contributed by atoms with E-state index in [4.69, 9.17) is 4.99 Å². The predicted molar refractivity (Wildman–Crippen MR) is 185 cm³/mol. The SMILES string of the molecule is CC[C@H](C)C1CC(=O)C(C(C)O)NC(=O)C2CCCN2C(=O)C(Cc2ccccc2)NC(=O)c2csc(n2)C(C)NC(=O)C2CSC1=N2. The summed E-state index contributed by atoms with van der Waals surface area (Å²) in [7, 11) is 0. The summed E-state index contributed by atoms with van der Waals surface area (Å²) in [6.07, 6.45) is 0.742. The van der Waals surface area contributed by atoms with E-state index in [1.807, 2.05) is 44.2 Å². The molecule has 258 valence electrons. The largest absolute Gasteiger partial charge is 0.391 e. The minimum absolute atomic E-state index is 0.0296. The molecule has 0 spiro atoms. The van der Waals surface area contributed by atoms with Crippen LogP contribution in [0.5, 0.6) is 0 Å². The van der Waals surface area contributed by atoms with Crippen LogP contribution in [-0.2, 0) is 25.6 Å². The van der Waals surface area contributed by atoms with E-state index in [0.29, 0.717) is 35.2 Å². The summed E-state index contributed by atoms with van der Waals surface area (Å²) < 4.78 is 0. The highest BCUT2D eigenvalue weighted by molar-refractivity contribution is 8.14. The number of carbonyl (C=O) groups is 5. The highest BCUT2D eigenvalue weighted by atomic mass is 32.2. The van der Waals surface area contributed by atoms with Crippen molar-refractivity contribution in [3.63, 3.8) is 0 Å². The predicted octanol–water partition coefficient (Wildman–Crippen LogP) is 2.67. The van der Waals surface area contributed by atoms with Crippen molar-refractivity contribution in [2.45, 2.75) is 96.1 Å². The first-order valence-electron chi connectivity index (χ1n) is 16.6. The fourth-order valence-electron chi connectivity index (χ4n) is 6.36. The molecular formula is C34H44N6O6S2. The van der Waals surface area contributed by atoms with Crippen molar-refractivity contribution in [3.8, 4) is 0 Å². The molecule has 0 saturated carbocycles. The smallest absolute Gasteiger partial charge is 0.271 e. The highest BCUT2D eigenvalue weighted by Gasteiger charge is 2.41. The van der Waals surface area contributed by atoms with Crippen molar-refractivity contribution in [2.75, 3.05) is 12.3 Å². The Balaban J connectivity index is 1.50. The van der Waals surface area contributed by atoms with E-state index in [0.717, 1.165) is 12.0 Å². The van der Waals surface area contributed by atoms with Gasteiger partial charge in [-0.2, -0.15) is 0 Å². The molecule has 3 aliphatic rings. The van der Waals surface area contributed by atoms with E-state index in [1.54, 1.807) is 12.3 Å². The average molecular weight is 697 g/mol. The molecule has 4 amide bonds. The molecule has 4 N–H and O–H groups in total. The number of aliphatic imine (C=N–C) groups is 1. The van der Waals surface area contributed by atoms with Crippen molar-refractivity contribution in [2.24, 2.45) is 16.8 Å². The molecule has 2 aromatic rings. The summed E-state index contributed by atoms with van der Waals surface area (Å²) in [5.41, 5.74) is 0.943. The van der Waals surface area contributed by atoms with Gasteiger partial charge >= 0.3 is 0 Å². The maximum absolute atomic E-state index is 14.1. The van der Waals surface area contributed by atoms with E-state index < -0.39 is 54.0 Å². The molecule has 4 heterocycles. The normalized spacial score (nSPS) is 28.8. The lowest BCUT2D eigenvalue weighted by molar-refractivity contribution is -0.141. The van der Waals surface area contributed by atoms with Crippen LogP contribution >= 0.6 is 23.1 Å². The number of carbonyl (C=O) groups excluding carboxylic acids is 5. The van der Waals surface area contributed by atoms with Crippen LogP contribution in [0.15, 0.2) is 40.7 Å². The zero-order chi connectivity index (χ0) is 34.5. The van der Waals surface area contributed by atoms with Gasteiger partial charge in [-0.15, -0.1) is 23.1 Å². The Morgan fingerprint density at radius 1 is 1.04 bits per heavy atom. The number of aliphatic hydroxyl groups excluding tert-OH is 1. The monoisotopic (exact) mass is 696 g/mol. The number of thioether (sulfide) groups is 1. The number of aromatic nitrogens is 1. The molecule has 3 aliphatic heterocycles. The average Bonchev–Trinajstić information content (AvgIpc) is 3.86. The number of benzene rings is 1. The number of amides is 4. The molecule has 0 radical (unpaired) electrons. The van der Waals surface area contributed by atoms with Crippen molar-refractivity contribution in [3.05, 3.63) is 52.0 Å². The van der Waals surface area contributed by atoms with Gasteiger partial charge < -0.3 is 26.0 Å². The zero-order valence-electron chi connectivity index (χ0n) is 27.7. The summed E-state index contributed by atoms with van der Waals surface area (Å²) >= 11 is 2.68. The van der Waals surface area contributed by atoms with Gasteiger partial charge in [-0.3, -0.25) is 29.0 Å². The molecule has 1 aromatic carbocycles. The number of nitrogens with zero attached hydrogens (tertiary/aromatic N) is 3. The Bertz CT molecular complexity index is 1550. The second-order valence-electron chi connectivity index (χ2n) is 12.9. The molecule has 4 bridgehead atoms. The van der Waals surface area contributed by atoms with Crippen LogP contribution in [0.4, 0.5) is 0 Å². The maximum Gasteiger partial charge on any atom is 0.271 e. The van der Waals surface area contributed by atoms with Crippen molar-refractivity contribution in [1.82, 2.24) is 25.8 Å². The fourth-order valence-corrected chi connectivity index (χ4v) is 8.45. The van der Waals surface area contributed by atoms with Crippen molar-refractivity contribution < 1.29 is 29.1 Å². The van der Waals surface area contributed by atoms with Gasteiger partial charge in [-0.05, 0) is 38.2 Å². The van der Waals surface area contributed by atoms with E-state index >= 15 is 0 Å². The molecule has 14 heteroatoms. The fraction of sp³-hybridized carbons (Fsp3) is 0.559. The van der Waals surface area contributed by atoms with Crippen LogP contribution < -0.4 is 16.0 Å². The Morgan fingerprint density at radius 3 is 2.50 bits per heavy atom. The third-order valence-corrected chi connectivity index (χ3v) is 11.6. The van der Waals surface area contributed by atoms with Gasteiger partial charge in [-0.1, -0.05) is 50.6 Å². The lowest BCUT2D eigenvalue weighted by Crippen LogP contribution is -2.57. The zero-order valence-corrected chi connectivity index (χ0v) is 29.3. The minimum atomic E-state index is -1.19. The number of aliphatic hydroxyl groups is 1. The molecule has 12 nitrogen and oxygen atoms in total. The number of rotatable bonds is 5. The summed E-state index contributed by atoms with van der Waals surface area (Å²) in [4.78, 5) is 79.2. The maximum atomic E-state index is 14.1. The summed E-state index contributed by atoms with van der Waals surface area (Å²) in [5.74, 6) is -1.95. The van der Waals surface area contributed by atoms with Gasteiger partial charge in [0.15, 0.2) is 5.78 Å². The standard InChI is InChI=1S/C34H44N6O6S2/c1-5-18(2)22-15-27(42)28(20(4)41)39-31(45)26-12-9-13-40(26)34(46)23(14-21-10-7-6-8-11-21)36-30(44)25-16-47-32(37-25)19(3)35-29(43)24-17-48-33(22)38-24/h6-8,10-11,16,18-20,22-24,26,28,41H,5,9,12-15,17H2,1-4H3,(H,35,43)(H,36,44)(H,39,45)/t18-,19?,20?,22?,23?,24?,26?,28?/m0/s1. The van der Waals surface area contributed by atoms with Crippen LogP contribution in [0, 0.1) is 11.8 Å². The van der Waals surface area contributed by atoms with Crippen molar-refractivity contribution in [1.29, 1.82) is 0 Å². The number of ketones is 1.